The summed E-state index contributed by atoms with van der Waals surface area (Å²) in [6.45, 7) is 5.63. The van der Waals surface area contributed by atoms with Crippen LogP contribution in [-0.4, -0.2) is 37.7 Å². The molecular formula is C21H26FNO2. The van der Waals surface area contributed by atoms with E-state index in [1.54, 1.807) is 12.1 Å². The lowest BCUT2D eigenvalue weighted by Crippen LogP contribution is -2.35. The minimum absolute atomic E-state index is 0.116. The molecule has 3 rings (SSSR count). The monoisotopic (exact) mass is 343 g/mol. The fraction of sp³-hybridized carbons (Fsp3) is 0.429. The topological polar surface area (TPSA) is 21.7 Å². The molecule has 1 heterocycles. The maximum absolute atomic E-state index is 13.7. The first-order chi connectivity index (χ1) is 11.8. The number of halogens is 1. The van der Waals surface area contributed by atoms with Crippen LogP contribution in [-0.2, 0) is 0 Å². The van der Waals surface area contributed by atoms with Crippen molar-refractivity contribution in [1.82, 2.24) is 4.90 Å². The minimum atomic E-state index is -0.313. The van der Waals surface area contributed by atoms with Gasteiger partial charge in [0, 0.05) is 24.1 Å². The van der Waals surface area contributed by atoms with Gasteiger partial charge < -0.3 is 14.4 Å². The van der Waals surface area contributed by atoms with Crippen LogP contribution in [0, 0.1) is 5.82 Å². The van der Waals surface area contributed by atoms with Gasteiger partial charge in [-0.25, -0.2) is 4.39 Å². The first-order valence-electron chi connectivity index (χ1n) is 8.70. The van der Waals surface area contributed by atoms with Crippen LogP contribution in [0.15, 0.2) is 42.5 Å². The molecule has 1 atom stereocenters. The van der Waals surface area contributed by atoms with E-state index in [-0.39, 0.29) is 17.3 Å². The Bertz CT molecular complexity index is 742. The van der Waals surface area contributed by atoms with Gasteiger partial charge in [-0.1, -0.05) is 18.2 Å². The lowest BCUT2D eigenvalue weighted by molar-refractivity contribution is 0.0769. The average Bonchev–Trinajstić information content (AvgIpc) is 2.52. The highest BCUT2D eigenvalue weighted by molar-refractivity contribution is 5.48. The highest BCUT2D eigenvalue weighted by Gasteiger charge is 2.34. The van der Waals surface area contributed by atoms with Crippen LogP contribution >= 0.6 is 0 Å². The summed E-state index contributed by atoms with van der Waals surface area (Å²) in [4.78, 5) is 2.08. The Balaban J connectivity index is 1.89. The maximum Gasteiger partial charge on any atom is 0.127 e. The van der Waals surface area contributed by atoms with Gasteiger partial charge in [0.05, 0.1) is 0 Å². The van der Waals surface area contributed by atoms with Gasteiger partial charge in [-0.05, 0) is 58.1 Å². The molecule has 3 nitrogen and oxygen atoms in total. The molecule has 0 saturated carbocycles. The van der Waals surface area contributed by atoms with Crippen LogP contribution in [0.4, 0.5) is 4.39 Å². The van der Waals surface area contributed by atoms with Crippen LogP contribution in [0.1, 0.15) is 37.3 Å². The second kappa shape index (κ2) is 7.04. The van der Waals surface area contributed by atoms with E-state index in [0.717, 1.165) is 35.6 Å². The van der Waals surface area contributed by atoms with Crippen LogP contribution in [0.2, 0.25) is 0 Å². The zero-order chi connectivity index (χ0) is 18.0. The van der Waals surface area contributed by atoms with Gasteiger partial charge in [-0.3, -0.25) is 0 Å². The second-order valence-corrected chi connectivity index (χ2v) is 7.52. The largest absolute Gasteiger partial charge is 0.492 e. The van der Waals surface area contributed by atoms with Crippen LogP contribution in [0.3, 0.4) is 0 Å². The molecule has 0 aliphatic carbocycles. The normalized spacial score (nSPS) is 18.6. The molecule has 134 valence electrons. The van der Waals surface area contributed by atoms with Crippen molar-refractivity contribution in [2.75, 3.05) is 27.2 Å². The number of hydrogen-bond donors (Lipinski definition) is 0. The number of ether oxygens (including phenoxy) is 2. The van der Waals surface area contributed by atoms with Crippen LogP contribution < -0.4 is 9.47 Å². The predicted octanol–water partition coefficient (Wildman–Crippen LogP) is 4.46. The van der Waals surface area contributed by atoms with Crippen molar-refractivity contribution in [3.63, 3.8) is 0 Å². The third kappa shape index (κ3) is 4.31. The first-order valence-corrected chi connectivity index (χ1v) is 8.70. The summed E-state index contributed by atoms with van der Waals surface area (Å²) in [5.41, 5.74) is 1.76. The molecule has 2 aromatic carbocycles. The summed E-state index contributed by atoms with van der Waals surface area (Å²) >= 11 is 0. The Kier molecular flexibility index (Phi) is 5.00. The Labute approximate surface area is 149 Å². The van der Waals surface area contributed by atoms with Crippen molar-refractivity contribution in [3.8, 4) is 11.5 Å². The quantitative estimate of drug-likeness (QED) is 0.800. The van der Waals surface area contributed by atoms with Crippen molar-refractivity contribution in [3.05, 3.63) is 59.4 Å². The van der Waals surface area contributed by atoms with E-state index in [4.69, 9.17) is 9.47 Å². The molecule has 0 fully saturated rings. The van der Waals surface area contributed by atoms with E-state index >= 15 is 0 Å². The molecule has 25 heavy (non-hydrogen) atoms. The molecule has 1 aliphatic rings. The third-order valence-electron chi connectivity index (χ3n) is 4.50. The van der Waals surface area contributed by atoms with Gasteiger partial charge in [0.1, 0.15) is 29.5 Å². The van der Waals surface area contributed by atoms with Gasteiger partial charge in [0.2, 0.25) is 0 Å². The van der Waals surface area contributed by atoms with Gasteiger partial charge in [0.15, 0.2) is 0 Å². The zero-order valence-electron chi connectivity index (χ0n) is 15.4. The molecule has 0 saturated heterocycles. The molecule has 0 N–H and O–H groups in total. The smallest absolute Gasteiger partial charge is 0.127 e. The van der Waals surface area contributed by atoms with E-state index in [2.05, 4.69) is 18.7 Å². The van der Waals surface area contributed by atoms with Crippen molar-refractivity contribution in [2.24, 2.45) is 0 Å². The number of benzene rings is 2. The molecule has 4 heteroatoms. The highest BCUT2D eigenvalue weighted by atomic mass is 19.1. The number of likely N-dealkylation sites (N-methyl/N-ethyl adjacent to an activating group) is 1. The van der Waals surface area contributed by atoms with E-state index < -0.39 is 0 Å². The summed E-state index contributed by atoms with van der Waals surface area (Å²) < 4.78 is 25.7. The van der Waals surface area contributed by atoms with Crippen molar-refractivity contribution in [2.45, 2.75) is 31.8 Å². The second-order valence-electron chi connectivity index (χ2n) is 7.52. The number of nitrogens with zero attached hydrogens (tertiary/aromatic N) is 1. The number of fused-ring (bicyclic) bond motifs is 1. The van der Waals surface area contributed by atoms with E-state index in [9.17, 15) is 4.39 Å². The van der Waals surface area contributed by atoms with Crippen molar-refractivity contribution >= 4 is 0 Å². The average molecular weight is 343 g/mol. The Morgan fingerprint density at radius 1 is 1.20 bits per heavy atom. The molecule has 0 radical (unpaired) electrons. The van der Waals surface area contributed by atoms with Gasteiger partial charge in [-0.2, -0.15) is 0 Å². The number of hydrogen-bond acceptors (Lipinski definition) is 3. The number of rotatable bonds is 5. The first kappa shape index (κ1) is 17.7. The van der Waals surface area contributed by atoms with E-state index in [1.165, 1.54) is 6.07 Å². The zero-order valence-corrected chi connectivity index (χ0v) is 15.4. The molecule has 2 aromatic rings. The van der Waals surface area contributed by atoms with Gasteiger partial charge >= 0.3 is 0 Å². The summed E-state index contributed by atoms with van der Waals surface area (Å²) in [5.74, 6) is 1.54. The Morgan fingerprint density at radius 3 is 2.72 bits per heavy atom. The standard InChI is InChI=1S/C21H26FNO2/c1-21(2)14-19(15-6-5-7-16(22)12-15)18-9-8-17(13-20(18)25-21)24-11-10-23(3)4/h5-9,12-13,19H,10-11,14H2,1-4H3. The molecule has 1 aliphatic heterocycles. The summed E-state index contributed by atoms with van der Waals surface area (Å²) in [7, 11) is 4.04. The maximum atomic E-state index is 13.7. The predicted molar refractivity (Wildman–Crippen MR) is 98.1 cm³/mol. The molecule has 0 spiro atoms. The van der Waals surface area contributed by atoms with Crippen molar-refractivity contribution < 1.29 is 13.9 Å². The van der Waals surface area contributed by atoms with E-state index in [1.807, 2.05) is 38.4 Å². The fourth-order valence-electron chi connectivity index (χ4n) is 3.29. The molecular weight excluding hydrogens is 317 g/mol. The summed E-state index contributed by atoms with van der Waals surface area (Å²) in [6, 6.07) is 12.8. The molecule has 0 amide bonds. The third-order valence-corrected chi connectivity index (χ3v) is 4.50. The lowest BCUT2D eigenvalue weighted by Gasteiger charge is -2.38. The van der Waals surface area contributed by atoms with E-state index in [0.29, 0.717) is 6.61 Å². The summed E-state index contributed by atoms with van der Waals surface area (Å²) in [5, 5.41) is 0. The lowest BCUT2D eigenvalue weighted by atomic mass is 9.80. The SMILES string of the molecule is CN(C)CCOc1ccc2c(c1)OC(C)(C)CC2c1cccc(F)c1. The Hall–Kier alpha value is -2.07. The van der Waals surface area contributed by atoms with Crippen molar-refractivity contribution in [1.29, 1.82) is 0 Å². The molecule has 1 unspecified atom stereocenters. The van der Waals surface area contributed by atoms with Crippen LogP contribution in [0.5, 0.6) is 11.5 Å². The van der Waals surface area contributed by atoms with Gasteiger partial charge in [0.25, 0.3) is 0 Å². The van der Waals surface area contributed by atoms with Gasteiger partial charge in [-0.15, -0.1) is 0 Å². The Morgan fingerprint density at radius 2 is 2.00 bits per heavy atom. The molecule has 0 aromatic heterocycles. The fourth-order valence-corrected chi connectivity index (χ4v) is 3.29. The minimum Gasteiger partial charge on any atom is -0.492 e. The van der Waals surface area contributed by atoms with Crippen LogP contribution in [0.25, 0.3) is 0 Å². The highest BCUT2D eigenvalue weighted by Crippen LogP contribution is 2.45. The molecule has 0 bridgehead atoms. The summed E-state index contributed by atoms with van der Waals surface area (Å²) in [6.07, 6.45) is 0.810.